The van der Waals surface area contributed by atoms with Crippen LogP contribution in [0.2, 0.25) is 0 Å². The molecule has 2 aromatic heterocycles. The van der Waals surface area contributed by atoms with Gasteiger partial charge >= 0.3 is 0 Å². The minimum Gasteiger partial charge on any atom is -0.337 e. The quantitative estimate of drug-likeness (QED) is 0.660. The number of hydrogen-bond acceptors (Lipinski definition) is 7. The van der Waals surface area contributed by atoms with Crippen LogP contribution in [0.3, 0.4) is 0 Å². The SMILES string of the molecule is Cc1noc(CN(C)C(=O)[C@@H](Cc2ccccc2)n2cnnn2)n1. The van der Waals surface area contributed by atoms with Gasteiger partial charge in [-0.2, -0.15) is 4.98 Å². The topological polar surface area (TPSA) is 103 Å². The van der Waals surface area contributed by atoms with Crippen LogP contribution in [0.15, 0.2) is 41.2 Å². The van der Waals surface area contributed by atoms with Crippen LogP contribution < -0.4 is 0 Å². The highest BCUT2D eigenvalue weighted by atomic mass is 16.5. The molecule has 0 fully saturated rings. The molecule has 0 saturated carbocycles. The molecule has 0 aliphatic heterocycles. The van der Waals surface area contributed by atoms with Crippen LogP contribution in [0.4, 0.5) is 0 Å². The number of benzene rings is 1. The fraction of sp³-hybridized carbons (Fsp3) is 0.333. The molecule has 3 rings (SSSR count). The molecule has 0 bridgehead atoms. The standard InChI is InChI=1S/C15H17N7O2/c1-11-17-14(24-18-11)9-21(2)15(23)13(22-10-16-19-20-22)8-12-6-4-3-5-7-12/h3-7,10,13H,8-9H2,1-2H3/t13-/m1/s1. The maximum Gasteiger partial charge on any atom is 0.248 e. The van der Waals surface area contributed by atoms with Gasteiger partial charge in [0.05, 0.1) is 6.54 Å². The summed E-state index contributed by atoms with van der Waals surface area (Å²) in [5, 5.41) is 14.9. The second-order valence-corrected chi connectivity index (χ2v) is 5.42. The molecule has 9 nitrogen and oxygen atoms in total. The predicted octanol–water partition coefficient (Wildman–Crippen LogP) is 0.807. The van der Waals surface area contributed by atoms with Crippen LogP contribution in [0, 0.1) is 6.92 Å². The van der Waals surface area contributed by atoms with Gasteiger partial charge in [-0.05, 0) is 22.9 Å². The van der Waals surface area contributed by atoms with E-state index in [0.717, 1.165) is 5.56 Å². The Morgan fingerprint density at radius 2 is 2.12 bits per heavy atom. The Morgan fingerprint density at radius 3 is 2.75 bits per heavy atom. The number of likely N-dealkylation sites (N-methyl/N-ethyl adjacent to an activating group) is 1. The average Bonchev–Trinajstić information content (AvgIpc) is 3.25. The fourth-order valence-electron chi connectivity index (χ4n) is 2.38. The third kappa shape index (κ3) is 3.62. The summed E-state index contributed by atoms with van der Waals surface area (Å²) >= 11 is 0. The van der Waals surface area contributed by atoms with Crippen molar-refractivity contribution in [3.8, 4) is 0 Å². The molecule has 0 saturated heterocycles. The lowest BCUT2D eigenvalue weighted by Gasteiger charge is -2.22. The van der Waals surface area contributed by atoms with E-state index in [2.05, 4.69) is 25.7 Å². The third-order valence-corrected chi connectivity index (χ3v) is 3.56. The Bertz CT molecular complexity index is 785. The largest absolute Gasteiger partial charge is 0.337 e. The van der Waals surface area contributed by atoms with Gasteiger partial charge in [0, 0.05) is 13.5 Å². The smallest absolute Gasteiger partial charge is 0.248 e. The summed E-state index contributed by atoms with van der Waals surface area (Å²) in [6, 6.07) is 9.18. The number of nitrogens with zero attached hydrogens (tertiary/aromatic N) is 7. The minimum atomic E-state index is -0.545. The Morgan fingerprint density at radius 1 is 1.33 bits per heavy atom. The van der Waals surface area contributed by atoms with E-state index in [9.17, 15) is 4.79 Å². The number of hydrogen-bond donors (Lipinski definition) is 0. The zero-order valence-electron chi connectivity index (χ0n) is 13.4. The van der Waals surface area contributed by atoms with Crippen molar-refractivity contribution in [2.24, 2.45) is 0 Å². The molecular formula is C15H17N7O2. The normalized spacial score (nSPS) is 12.1. The monoisotopic (exact) mass is 327 g/mol. The number of amides is 1. The molecule has 0 aliphatic rings. The van der Waals surface area contributed by atoms with E-state index in [-0.39, 0.29) is 12.5 Å². The van der Waals surface area contributed by atoms with Crippen molar-refractivity contribution in [1.82, 2.24) is 35.2 Å². The first-order chi connectivity index (χ1) is 11.6. The highest BCUT2D eigenvalue weighted by Gasteiger charge is 2.26. The maximum atomic E-state index is 12.9. The second-order valence-electron chi connectivity index (χ2n) is 5.42. The molecule has 1 aromatic carbocycles. The highest BCUT2D eigenvalue weighted by molar-refractivity contribution is 5.80. The zero-order valence-corrected chi connectivity index (χ0v) is 13.4. The summed E-state index contributed by atoms with van der Waals surface area (Å²) < 4.78 is 6.53. The lowest BCUT2D eigenvalue weighted by molar-refractivity contribution is -0.134. The number of carbonyl (C=O) groups is 1. The number of tetrazole rings is 1. The van der Waals surface area contributed by atoms with Crippen LogP contribution >= 0.6 is 0 Å². The minimum absolute atomic E-state index is 0.137. The van der Waals surface area contributed by atoms with Crippen LogP contribution in [0.5, 0.6) is 0 Å². The Kier molecular flexibility index (Phi) is 4.59. The van der Waals surface area contributed by atoms with Crippen molar-refractivity contribution < 1.29 is 9.32 Å². The van der Waals surface area contributed by atoms with Gasteiger partial charge in [0.25, 0.3) is 0 Å². The summed E-state index contributed by atoms with van der Waals surface area (Å²) in [7, 11) is 1.68. The second kappa shape index (κ2) is 6.99. The van der Waals surface area contributed by atoms with Gasteiger partial charge in [-0.3, -0.25) is 4.79 Å². The van der Waals surface area contributed by atoms with E-state index in [0.29, 0.717) is 18.1 Å². The number of rotatable bonds is 6. The van der Waals surface area contributed by atoms with E-state index in [1.807, 2.05) is 30.3 Å². The number of aryl methyl sites for hydroxylation is 1. The summed E-state index contributed by atoms with van der Waals surface area (Å²) in [6.07, 6.45) is 1.92. The predicted molar refractivity (Wildman–Crippen MR) is 82.5 cm³/mol. The Hall–Kier alpha value is -3.10. The summed E-state index contributed by atoms with van der Waals surface area (Å²) in [4.78, 5) is 18.5. The van der Waals surface area contributed by atoms with Gasteiger partial charge in [0.1, 0.15) is 12.4 Å². The van der Waals surface area contributed by atoms with Gasteiger partial charge in [0.2, 0.25) is 11.8 Å². The van der Waals surface area contributed by atoms with Crippen molar-refractivity contribution in [1.29, 1.82) is 0 Å². The Labute approximate surface area is 138 Å². The van der Waals surface area contributed by atoms with Crippen molar-refractivity contribution in [3.63, 3.8) is 0 Å². The van der Waals surface area contributed by atoms with Crippen molar-refractivity contribution in [2.75, 3.05) is 7.05 Å². The first-order valence-corrected chi connectivity index (χ1v) is 7.44. The molecule has 0 spiro atoms. The van der Waals surface area contributed by atoms with Crippen LogP contribution in [0.1, 0.15) is 23.3 Å². The Balaban J connectivity index is 1.78. The average molecular weight is 327 g/mol. The van der Waals surface area contributed by atoms with Gasteiger partial charge in [-0.25, -0.2) is 4.68 Å². The zero-order chi connectivity index (χ0) is 16.9. The third-order valence-electron chi connectivity index (χ3n) is 3.56. The van der Waals surface area contributed by atoms with E-state index < -0.39 is 6.04 Å². The highest BCUT2D eigenvalue weighted by Crippen LogP contribution is 2.16. The fourth-order valence-corrected chi connectivity index (χ4v) is 2.38. The summed E-state index contributed by atoms with van der Waals surface area (Å²) in [5.74, 6) is 0.785. The molecule has 0 aliphatic carbocycles. The molecule has 1 atom stereocenters. The van der Waals surface area contributed by atoms with Gasteiger partial charge in [-0.15, -0.1) is 5.10 Å². The van der Waals surface area contributed by atoms with Crippen LogP contribution in [-0.2, 0) is 17.8 Å². The summed E-state index contributed by atoms with van der Waals surface area (Å²) in [6.45, 7) is 1.96. The molecular weight excluding hydrogens is 310 g/mol. The molecule has 3 aromatic rings. The van der Waals surface area contributed by atoms with E-state index >= 15 is 0 Å². The molecule has 0 unspecified atom stereocenters. The van der Waals surface area contributed by atoms with E-state index in [4.69, 9.17) is 4.52 Å². The molecule has 0 N–H and O–H groups in total. The molecule has 9 heteroatoms. The van der Waals surface area contributed by atoms with Gasteiger partial charge in [-0.1, -0.05) is 35.5 Å². The molecule has 24 heavy (non-hydrogen) atoms. The van der Waals surface area contributed by atoms with Crippen molar-refractivity contribution in [3.05, 3.63) is 53.9 Å². The van der Waals surface area contributed by atoms with Crippen molar-refractivity contribution in [2.45, 2.75) is 25.9 Å². The molecule has 124 valence electrons. The van der Waals surface area contributed by atoms with Crippen LogP contribution in [-0.4, -0.2) is 48.2 Å². The number of aromatic nitrogens is 6. The lowest BCUT2D eigenvalue weighted by Crippen LogP contribution is -2.35. The lowest BCUT2D eigenvalue weighted by atomic mass is 10.1. The van der Waals surface area contributed by atoms with Crippen LogP contribution in [0.25, 0.3) is 0 Å². The number of carbonyl (C=O) groups excluding carboxylic acids is 1. The van der Waals surface area contributed by atoms with Gasteiger partial charge < -0.3 is 9.42 Å². The molecule has 1 amide bonds. The molecule has 0 radical (unpaired) electrons. The van der Waals surface area contributed by atoms with E-state index in [1.165, 1.54) is 15.9 Å². The summed E-state index contributed by atoms with van der Waals surface area (Å²) in [5.41, 5.74) is 1.02. The first kappa shape index (κ1) is 15.8. The molecule has 2 heterocycles. The van der Waals surface area contributed by atoms with Gasteiger partial charge in [0.15, 0.2) is 5.82 Å². The first-order valence-electron chi connectivity index (χ1n) is 7.44. The van der Waals surface area contributed by atoms with Crippen molar-refractivity contribution >= 4 is 5.91 Å². The maximum absolute atomic E-state index is 12.9. The van der Waals surface area contributed by atoms with E-state index in [1.54, 1.807) is 14.0 Å².